The molecule has 0 fully saturated rings. The second-order valence-electron chi connectivity index (χ2n) is 6.91. The number of benzene rings is 3. The van der Waals surface area contributed by atoms with E-state index in [1.54, 1.807) is 7.11 Å². The van der Waals surface area contributed by atoms with Crippen molar-refractivity contribution in [1.29, 1.82) is 0 Å². The first-order valence-electron chi connectivity index (χ1n) is 9.73. The molecule has 6 nitrogen and oxygen atoms in total. The van der Waals surface area contributed by atoms with Gasteiger partial charge in [0.25, 0.3) is 0 Å². The molecule has 0 bridgehead atoms. The molecule has 0 aliphatic carbocycles. The topological polar surface area (TPSA) is 83.4 Å². The summed E-state index contributed by atoms with van der Waals surface area (Å²) in [6, 6.07) is 25.1. The van der Waals surface area contributed by atoms with Crippen molar-refractivity contribution in [2.75, 3.05) is 12.8 Å². The van der Waals surface area contributed by atoms with E-state index in [0.717, 1.165) is 33.9 Å². The molecule has 31 heavy (non-hydrogen) atoms. The Labute approximate surface area is 178 Å². The Morgan fingerprint density at radius 2 is 1.39 bits per heavy atom. The Bertz CT molecular complexity index is 1330. The summed E-state index contributed by atoms with van der Waals surface area (Å²) in [5.41, 5.74) is 9.30. The highest BCUT2D eigenvalue weighted by Crippen LogP contribution is 2.42. The van der Waals surface area contributed by atoms with Crippen LogP contribution in [0.1, 0.15) is 0 Å². The maximum atomic E-state index is 6.21. The first kappa shape index (κ1) is 18.7. The number of methoxy groups -OCH3 is 1. The summed E-state index contributed by atoms with van der Waals surface area (Å²) in [6.45, 7) is 0. The molecule has 2 N–H and O–H groups in total. The van der Waals surface area contributed by atoms with Crippen molar-refractivity contribution in [2.45, 2.75) is 0 Å². The molecule has 2 aromatic heterocycles. The van der Waals surface area contributed by atoms with E-state index >= 15 is 0 Å². The number of furan rings is 1. The van der Waals surface area contributed by atoms with Crippen LogP contribution in [0.5, 0.6) is 17.2 Å². The third kappa shape index (κ3) is 3.55. The standard InChI is InChI=1S/C25H19N3O3/c1-29-18-11-9-17(10-12-18)23-21(22-24(26)27-15-28-25(22)31-23)16-7-13-20(14-8-16)30-19-5-3-2-4-6-19/h2-15H,1H3,(H2,26,27,28). The fraction of sp³-hybridized carbons (Fsp3) is 0.0400. The minimum absolute atomic E-state index is 0.369. The normalized spacial score (nSPS) is 10.9. The van der Waals surface area contributed by atoms with Crippen molar-refractivity contribution < 1.29 is 13.9 Å². The van der Waals surface area contributed by atoms with Crippen LogP contribution in [-0.2, 0) is 0 Å². The number of para-hydroxylation sites is 1. The minimum atomic E-state index is 0.369. The number of hydrogen-bond acceptors (Lipinski definition) is 6. The molecule has 3 aromatic carbocycles. The summed E-state index contributed by atoms with van der Waals surface area (Å²) >= 11 is 0. The Balaban J connectivity index is 1.61. The maximum absolute atomic E-state index is 6.21. The van der Waals surface area contributed by atoms with Gasteiger partial charge in [-0.25, -0.2) is 9.97 Å². The summed E-state index contributed by atoms with van der Waals surface area (Å²) < 4.78 is 17.3. The van der Waals surface area contributed by atoms with Gasteiger partial charge >= 0.3 is 0 Å². The Hall–Kier alpha value is -4.32. The summed E-state index contributed by atoms with van der Waals surface area (Å²) in [4.78, 5) is 8.44. The van der Waals surface area contributed by atoms with Gasteiger partial charge in [0.2, 0.25) is 5.71 Å². The largest absolute Gasteiger partial charge is 0.497 e. The lowest BCUT2D eigenvalue weighted by molar-refractivity contribution is 0.415. The average molecular weight is 409 g/mol. The van der Waals surface area contributed by atoms with Crippen LogP contribution in [0.2, 0.25) is 0 Å². The Morgan fingerprint density at radius 1 is 0.742 bits per heavy atom. The summed E-state index contributed by atoms with van der Waals surface area (Å²) in [5, 5.41) is 0.685. The zero-order chi connectivity index (χ0) is 21.2. The molecule has 0 unspecified atom stereocenters. The summed E-state index contributed by atoms with van der Waals surface area (Å²) in [7, 11) is 1.64. The zero-order valence-corrected chi connectivity index (χ0v) is 16.8. The van der Waals surface area contributed by atoms with Crippen molar-refractivity contribution in [3.05, 3.63) is 85.2 Å². The predicted octanol–water partition coefficient (Wildman–Crippen LogP) is 5.94. The second-order valence-corrected chi connectivity index (χ2v) is 6.91. The van der Waals surface area contributed by atoms with E-state index in [2.05, 4.69) is 9.97 Å². The summed E-state index contributed by atoms with van der Waals surface area (Å²) in [6.07, 6.45) is 1.40. The molecule has 0 spiro atoms. The lowest BCUT2D eigenvalue weighted by Gasteiger charge is -2.08. The first-order valence-corrected chi connectivity index (χ1v) is 9.73. The molecule has 0 aliphatic heterocycles. The van der Waals surface area contributed by atoms with Gasteiger partial charge in [-0.1, -0.05) is 30.3 Å². The summed E-state index contributed by atoms with van der Waals surface area (Å²) in [5.74, 6) is 3.32. The monoisotopic (exact) mass is 409 g/mol. The van der Waals surface area contributed by atoms with E-state index in [1.807, 2.05) is 78.9 Å². The highest BCUT2D eigenvalue weighted by Gasteiger charge is 2.21. The number of nitrogens with zero attached hydrogens (tertiary/aromatic N) is 2. The van der Waals surface area contributed by atoms with Gasteiger partial charge in [-0.3, -0.25) is 0 Å². The average Bonchev–Trinajstić information content (AvgIpc) is 3.21. The van der Waals surface area contributed by atoms with Crippen LogP contribution in [0.15, 0.2) is 89.6 Å². The van der Waals surface area contributed by atoms with Crippen molar-refractivity contribution in [3.63, 3.8) is 0 Å². The minimum Gasteiger partial charge on any atom is -0.497 e. The van der Waals surface area contributed by atoms with Gasteiger partial charge in [-0.15, -0.1) is 0 Å². The molecule has 5 aromatic rings. The van der Waals surface area contributed by atoms with Crippen molar-refractivity contribution in [2.24, 2.45) is 0 Å². The number of hydrogen-bond donors (Lipinski definition) is 1. The number of rotatable bonds is 5. The van der Waals surface area contributed by atoms with Gasteiger partial charge in [0.15, 0.2) is 0 Å². The smallest absolute Gasteiger partial charge is 0.232 e. The SMILES string of the molecule is COc1ccc(-c2oc3ncnc(N)c3c2-c2ccc(Oc3ccccc3)cc2)cc1. The number of nitrogen functional groups attached to an aromatic ring is 1. The van der Waals surface area contributed by atoms with Crippen LogP contribution < -0.4 is 15.2 Å². The van der Waals surface area contributed by atoms with Gasteiger partial charge < -0.3 is 19.6 Å². The van der Waals surface area contributed by atoms with Gasteiger partial charge in [-0.05, 0) is 54.1 Å². The molecule has 0 atom stereocenters. The fourth-order valence-electron chi connectivity index (χ4n) is 3.49. The third-order valence-corrected chi connectivity index (χ3v) is 4.99. The van der Waals surface area contributed by atoms with E-state index in [9.17, 15) is 0 Å². The quantitative estimate of drug-likeness (QED) is 0.387. The zero-order valence-electron chi connectivity index (χ0n) is 16.8. The number of ether oxygens (including phenoxy) is 2. The number of fused-ring (bicyclic) bond motifs is 1. The van der Waals surface area contributed by atoms with Crippen LogP contribution in [-0.4, -0.2) is 17.1 Å². The van der Waals surface area contributed by atoms with E-state index < -0.39 is 0 Å². The van der Waals surface area contributed by atoms with Crippen LogP contribution in [0.25, 0.3) is 33.6 Å². The third-order valence-electron chi connectivity index (χ3n) is 4.99. The fourth-order valence-corrected chi connectivity index (χ4v) is 3.49. The van der Waals surface area contributed by atoms with E-state index in [-0.39, 0.29) is 0 Å². The van der Waals surface area contributed by atoms with E-state index in [1.165, 1.54) is 6.33 Å². The molecule has 0 saturated heterocycles. The molecule has 0 aliphatic rings. The lowest BCUT2D eigenvalue weighted by atomic mass is 9.99. The highest BCUT2D eigenvalue weighted by atomic mass is 16.5. The van der Waals surface area contributed by atoms with Crippen LogP contribution >= 0.6 is 0 Å². The van der Waals surface area contributed by atoms with Crippen LogP contribution in [0, 0.1) is 0 Å². The predicted molar refractivity (Wildman–Crippen MR) is 120 cm³/mol. The highest BCUT2D eigenvalue weighted by molar-refractivity contribution is 6.05. The molecular weight excluding hydrogens is 390 g/mol. The lowest BCUT2D eigenvalue weighted by Crippen LogP contribution is -1.92. The maximum Gasteiger partial charge on any atom is 0.232 e. The van der Waals surface area contributed by atoms with Crippen molar-refractivity contribution >= 4 is 16.9 Å². The second kappa shape index (κ2) is 7.84. The molecule has 5 rings (SSSR count). The first-order chi connectivity index (χ1) is 15.2. The Kier molecular flexibility index (Phi) is 4.72. The van der Waals surface area contributed by atoms with Crippen LogP contribution in [0.3, 0.4) is 0 Å². The molecule has 0 amide bonds. The van der Waals surface area contributed by atoms with Gasteiger partial charge in [-0.2, -0.15) is 0 Å². The molecule has 6 heteroatoms. The number of anilines is 1. The molecular formula is C25H19N3O3. The number of nitrogens with two attached hydrogens (primary N) is 1. The van der Waals surface area contributed by atoms with Crippen LogP contribution in [0.4, 0.5) is 5.82 Å². The molecule has 152 valence electrons. The Morgan fingerprint density at radius 3 is 2.10 bits per heavy atom. The number of aromatic nitrogens is 2. The van der Waals surface area contributed by atoms with E-state index in [4.69, 9.17) is 19.6 Å². The molecule has 0 radical (unpaired) electrons. The van der Waals surface area contributed by atoms with Crippen molar-refractivity contribution in [1.82, 2.24) is 9.97 Å². The van der Waals surface area contributed by atoms with Gasteiger partial charge in [0, 0.05) is 11.1 Å². The molecule has 0 saturated carbocycles. The van der Waals surface area contributed by atoms with Gasteiger partial charge in [0.05, 0.1) is 12.5 Å². The van der Waals surface area contributed by atoms with Crippen molar-refractivity contribution in [3.8, 4) is 39.7 Å². The molecule has 2 heterocycles. The van der Waals surface area contributed by atoms with Gasteiger partial charge in [0.1, 0.15) is 35.2 Å². The van der Waals surface area contributed by atoms with E-state index in [0.29, 0.717) is 22.7 Å².